The number of nitrogens with one attached hydrogen (secondary N) is 1. The van der Waals surface area contributed by atoms with E-state index < -0.39 is 0 Å². The van der Waals surface area contributed by atoms with Crippen LogP contribution in [0.1, 0.15) is 11.1 Å². The summed E-state index contributed by atoms with van der Waals surface area (Å²) >= 11 is 16.1. The molecule has 0 saturated carbocycles. The fraction of sp³-hybridized carbons (Fsp3) is 0.100. The van der Waals surface area contributed by atoms with Gasteiger partial charge < -0.3 is 10.1 Å². The Kier molecular flexibility index (Phi) is 6.24. The van der Waals surface area contributed by atoms with Crippen LogP contribution in [0.4, 0.5) is 5.69 Å². The summed E-state index contributed by atoms with van der Waals surface area (Å²) in [5.74, 6) is 0.513. The summed E-state index contributed by atoms with van der Waals surface area (Å²) in [4.78, 5) is 0. The van der Waals surface area contributed by atoms with E-state index in [1.54, 1.807) is 0 Å². The second-order valence-electron chi connectivity index (χ2n) is 5.52. The minimum absolute atomic E-state index is 0.427. The first kappa shape index (κ1) is 18.1. The molecule has 0 heterocycles. The van der Waals surface area contributed by atoms with Gasteiger partial charge in [0.15, 0.2) is 5.75 Å². The number of anilines is 1. The Morgan fingerprint density at radius 1 is 0.840 bits per heavy atom. The summed E-state index contributed by atoms with van der Waals surface area (Å²) in [6, 6.07) is 21.6. The van der Waals surface area contributed by atoms with Crippen LogP contribution in [0, 0.1) is 0 Å². The standard InChI is InChI=1S/C20H16BrCl2NO/c21-16-6-8-17(9-7-16)24-12-15-10-18(22)20(19(23)11-15)25-13-14-4-2-1-3-5-14/h1-11,24H,12-13H2. The highest BCUT2D eigenvalue weighted by Gasteiger charge is 2.10. The summed E-state index contributed by atoms with van der Waals surface area (Å²) in [6.45, 7) is 1.05. The number of hydrogen-bond acceptors (Lipinski definition) is 2. The fourth-order valence-electron chi connectivity index (χ4n) is 2.35. The van der Waals surface area contributed by atoms with E-state index in [0.29, 0.717) is 28.9 Å². The summed E-state index contributed by atoms with van der Waals surface area (Å²) < 4.78 is 6.84. The van der Waals surface area contributed by atoms with Gasteiger partial charge in [-0.1, -0.05) is 69.5 Å². The van der Waals surface area contributed by atoms with Crippen molar-refractivity contribution >= 4 is 44.8 Å². The number of halogens is 3. The first-order valence-electron chi connectivity index (χ1n) is 7.76. The van der Waals surface area contributed by atoms with Crippen LogP contribution in [0.15, 0.2) is 71.2 Å². The predicted octanol–water partition coefficient (Wildman–Crippen LogP) is 6.95. The van der Waals surface area contributed by atoms with Crippen molar-refractivity contribution in [3.05, 3.63) is 92.4 Å². The lowest BCUT2D eigenvalue weighted by molar-refractivity contribution is 0.306. The lowest BCUT2D eigenvalue weighted by Gasteiger charge is -2.13. The molecule has 5 heteroatoms. The van der Waals surface area contributed by atoms with Crippen molar-refractivity contribution in [2.75, 3.05) is 5.32 Å². The molecule has 0 bridgehead atoms. The van der Waals surface area contributed by atoms with Crippen molar-refractivity contribution in [1.82, 2.24) is 0 Å². The third kappa shape index (κ3) is 5.15. The Morgan fingerprint density at radius 2 is 1.48 bits per heavy atom. The van der Waals surface area contributed by atoms with E-state index >= 15 is 0 Å². The van der Waals surface area contributed by atoms with Gasteiger partial charge in [-0.3, -0.25) is 0 Å². The van der Waals surface area contributed by atoms with E-state index in [1.165, 1.54) is 0 Å². The highest BCUT2D eigenvalue weighted by Crippen LogP contribution is 2.35. The molecule has 0 amide bonds. The number of hydrogen-bond donors (Lipinski definition) is 1. The maximum absolute atomic E-state index is 6.36. The van der Waals surface area contributed by atoms with Crippen LogP contribution in [0.3, 0.4) is 0 Å². The highest BCUT2D eigenvalue weighted by molar-refractivity contribution is 9.10. The van der Waals surface area contributed by atoms with E-state index in [0.717, 1.165) is 21.3 Å². The second-order valence-corrected chi connectivity index (χ2v) is 7.25. The number of rotatable bonds is 6. The molecule has 3 aromatic rings. The van der Waals surface area contributed by atoms with Crippen LogP contribution in [-0.4, -0.2) is 0 Å². The van der Waals surface area contributed by atoms with Gasteiger partial charge in [0.1, 0.15) is 6.61 Å². The van der Waals surface area contributed by atoms with E-state index in [1.807, 2.05) is 66.7 Å². The van der Waals surface area contributed by atoms with Gasteiger partial charge in [0, 0.05) is 16.7 Å². The maximum atomic E-state index is 6.36. The third-order valence-corrected chi connectivity index (χ3v) is 4.72. The quantitative estimate of drug-likeness (QED) is 0.451. The van der Waals surface area contributed by atoms with Gasteiger partial charge in [0.2, 0.25) is 0 Å². The molecule has 1 N–H and O–H groups in total. The topological polar surface area (TPSA) is 21.3 Å². The summed E-state index contributed by atoms with van der Waals surface area (Å²) in [7, 11) is 0. The zero-order valence-corrected chi connectivity index (χ0v) is 16.4. The predicted molar refractivity (Wildman–Crippen MR) is 109 cm³/mol. The van der Waals surface area contributed by atoms with Gasteiger partial charge in [-0.05, 0) is 47.5 Å². The first-order valence-corrected chi connectivity index (χ1v) is 9.31. The maximum Gasteiger partial charge on any atom is 0.156 e. The van der Waals surface area contributed by atoms with Crippen molar-refractivity contribution in [3.63, 3.8) is 0 Å². The van der Waals surface area contributed by atoms with Gasteiger partial charge >= 0.3 is 0 Å². The molecule has 0 spiro atoms. The highest BCUT2D eigenvalue weighted by atomic mass is 79.9. The minimum Gasteiger partial charge on any atom is -0.486 e. The smallest absolute Gasteiger partial charge is 0.156 e. The molecule has 0 aliphatic rings. The van der Waals surface area contributed by atoms with Crippen molar-refractivity contribution in [2.24, 2.45) is 0 Å². The molecule has 0 aliphatic heterocycles. The van der Waals surface area contributed by atoms with Gasteiger partial charge in [-0.15, -0.1) is 0 Å². The number of ether oxygens (including phenoxy) is 1. The third-order valence-electron chi connectivity index (χ3n) is 3.62. The van der Waals surface area contributed by atoms with Gasteiger partial charge in [0.05, 0.1) is 10.0 Å². The normalized spacial score (nSPS) is 10.5. The average Bonchev–Trinajstić information content (AvgIpc) is 2.61. The van der Waals surface area contributed by atoms with E-state index in [9.17, 15) is 0 Å². The van der Waals surface area contributed by atoms with Gasteiger partial charge in [-0.2, -0.15) is 0 Å². The molecule has 2 nitrogen and oxygen atoms in total. The van der Waals surface area contributed by atoms with Crippen molar-refractivity contribution in [1.29, 1.82) is 0 Å². The van der Waals surface area contributed by atoms with Crippen molar-refractivity contribution < 1.29 is 4.74 Å². The molecule has 0 aromatic heterocycles. The summed E-state index contributed by atoms with van der Waals surface area (Å²) in [6.07, 6.45) is 0. The lowest BCUT2D eigenvalue weighted by atomic mass is 10.2. The Hall–Kier alpha value is -1.68. The Balaban J connectivity index is 1.66. The van der Waals surface area contributed by atoms with E-state index in [-0.39, 0.29) is 0 Å². The molecule has 0 aliphatic carbocycles. The van der Waals surface area contributed by atoms with Crippen LogP contribution in [0.2, 0.25) is 10.0 Å². The van der Waals surface area contributed by atoms with Gasteiger partial charge in [0.25, 0.3) is 0 Å². The van der Waals surface area contributed by atoms with Crippen LogP contribution >= 0.6 is 39.1 Å². The molecule has 0 radical (unpaired) electrons. The Morgan fingerprint density at radius 3 is 2.12 bits per heavy atom. The molecule has 3 rings (SSSR count). The fourth-order valence-corrected chi connectivity index (χ4v) is 3.26. The molecule has 128 valence electrons. The summed E-state index contributed by atoms with van der Waals surface area (Å²) in [5, 5.41) is 4.36. The lowest BCUT2D eigenvalue weighted by Crippen LogP contribution is -2.01. The molecule has 25 heavy (non-hydrogen) atoms. The molecule has 0 fully saturated rings. The van der Waals surface area contributed by atoms with Crippen LogP contribution in [0.25, 0.3) is 0 Å². The second kappa shape index (κ2) is 8.61. The van der Waals surface area contributed by atoms with Crippen LogP contribution in [0.5, 0.6) is 5.75 Å². The SMILES string of the molecule is Clc1cc(CNc2ccc(Br)cc2)cc(Cl)c1OCc1ccccc1. The zero-order valence-electron chi connectivity index (χ0n) is 13.3. The largest absolute Gasteiger partial charge is 0.486 e. The average molecular weight is 437 g/mol. The Bertz CT molecular complexity index is 815. The van der Waals surface area contributed by atoms with E-state index in [4.69, 9.17) is 27.9 Å². The number of benzene rings is 3. The zero-order chi connectivity index (χ0) is 17.6. The molecule has 0 saturated heterocycles. The van der Waals surface area contributed by atoms with Crippen molar-refractivity contribution in [3.8, 4) is 5.75 Å². The van der Waals surface area contributed by atoms with Crippen molar-refractivity contribution in [2.45, 2.75) is 13.2 Å². The molecule has 3 aromatic carbocycles. The van der Waals surface area contributed by atoms with Crippen LogP contribution in [-0.2, 0) is 13.2 Å². The monoisotopic (exact) mass is 435 g/mol. The molecule has 0 atom stereocenters. The van der Waals surface area contributed by atoms with Crippen LogP contribution < -0.4 is 10.1 Å². The summed E-state index contributed by atoms with van der Waals surface area (Å²) in [5.41, 5.74) is 3.08. The first-order chi connectivity index (χ1) is 12.1. The molecule has 0 unspecified atom stereocenters. The Labute approximate surface area is 165 Å². The van der Waals surface area contributed by atoms with Gasteiger partial charge in [-0.25, -0.2) is 0 Å². The molecular weight excluding hydrogens is 421 g/mol. The minimum atomic E-state index is 0.427. The molecular formula is C20H16BrCl2NO. The van der Waals surface area contributed by atoms with E-state index in [2.05, 4.69) is 21.2 Å².